The Morgan fingerprint density at radius 2 is 1.73 bits per heavy atom. The highest BCUT2D eigenvalue weighted by atomic mass is 19.4. The van der Waals surface area contributed by atoms with Gasteiger partial charge < -0.3 is 26.1 Å². The molecule has 0 fully saturated rings. The number of para-hydroxylation sites is 1. The summed E-state index contributed by atoms with van der Waals surface area (Å²) >= 11 is 0. The van der Waals surface area contributed by atoms with Crippen LogP contribution in [0, 0.1) is 0 Å². The molecule has 0 radical (unpaired) electrons. The molecule has 33 heavy (non-hydrogen) atoms. The van der Waals surface area contributed by atoms with E-state index in [1.807, 2.05) is 24.3 Å². The standard InChI is InChI=1S/C22H21F3N4O4/c1-21(26,29-18(30)10-14-11-27-17-5-3-2-4-16(14)17)19(31)28-15-8-6-13(7-9-15)12-33-20(32)22(23,24)25/h2-9,11,27H,10,12,26H2,1H3,(H,28,31)(H,29,30)/t21-/m0/s1. The topological polar surface area (TPSA) is 126 Å². The number of nitrogens with two attached hydrogens (primary N) is 1. The molecule has 0 aliphatic rings. The number of anilines is 1. The van der Waals surface area contributed by atoms with Crippen molar-refractivity contribution in [2.75, 3.05) is 5.32 Å². The number of fused-ring (bicyclic) bond motifs is 1. The van der Waals surface area contributed by atoms with Crippen LogP contribution >= 0.6 is 0 Å². The van der Waals surface area contributed by atoms with Crippen molar-refractivity contribution in [2.24, 2.45) is 5.73 Å². The molecule has 2 aromatic carbocycles. The van der Waals surface area contributed by atoms with E-state index in [0.29, 0.717) is 0 Å². The summed E-state index contributed by atoms with van der Waals surface area (Å²) in [4.78, 5) is 38.8. The van der Waals surface area contributed by atoms with Crippen molar-refractivity contribution >= 4 is 34.4 Å². The van der Waals surface area contributed by atoms with Gasteiger partial charge in [-0.3, -0.25) is 9.59 Å². The lowest BCUT2D eigenvalue weighted by Gasteiger charge is -2.25. The number of nitrogens with one attached hydrogen (secondary N) is 3. The first-order valence-corrected chi connectivity index (χ1v) is 9.75. The van der Waals surface area contributed by atoms with E-state index in [-0.39, 0.29) is 17.7 Å². The van der Waals surface area contributed by atoms with Crippen LogP contribution < -0.4 is 16.4 Å². The Labute approximate surface area is 186 Å². The molecule has 0 unspecified atom stereocenters. The Kier molecular flexibility index (Phi) is 6.73. The highest BCUT2D eigenvalue weighted by Gasteiger charge is 2.40. The molecule has 1 aromatic heterocycles. The van der Waals surface area contributed by atoms with Crippen molar-refractivity contribution in [3.05, 3.63) is 65.9 Å². The normalized spacial score (nSPS) is 13.2. The first-order valence-electron chi connectivity index (χ1n) is 9.75. The monoisotopic (exact) mass is 462 g/mol. The quantitative estimate of drug-likeness (QED) is 0.317. The minimum absolute atomic E-state index is 0.00935. The molecule has 5 N–H and O–H groups in total. The molecule has 0 spiro atoms. The van der Waals surface area contributed by atoms with Crippen LogP contribution in [0.2, 0.25) is 0 Å². The number of carbonyl (C=O) groups is 3. The van der Waals surface area contributed by atoms with Gasteiger partial charge in [0.25, 0.3) is 5.91 Å². The Morgan fingerprint density at radius 1 is 1.06 bits per heavy atom. The van der Waals surface area contributed by atoms with E-state index in [9.17, 15) is 27.6 Å². The molecule has 0 saturated carbocycles. The van der Waals surface area contributed by atoms with Gasteiger partial charge in [-0.25, -0.2) is 4.79 Å². The van der Waals surface area contributed by atoms with Crippen molar-refractivity contribution in [3.8, 4) is 0 Å². The van der Waals surface area contributed by atoms with Gasteiger partial charge in [0.15, 0.2) is 5.66 Å². The first kappa shape index (κ1) is 23.8. The van der Waals surface area contributed by atoms with Crippen LogP contribution in [-0.2, 0) is 32.1 Å². The van der Waals surface area contributed by atoms with E-state index >= 15 is 0 Å². The largest absolute Gasteiger partial charge is 0.490 e. The van der Waals surface area contributed by atoms with Gasteiger partial charge in [0.2, 0.25) is 5.91 Å². The maximum atomic E-state index is 12.5. The summed E-state index contributed by atoms with van der Waals surface area (Å²) in [5, 5.41) is 5.89. The van der Waals surface area contributed by atoms with Gasteiger partial charge in [-0.15, -0.1) is 0 Å². The number of hydrogen-bond acceptors (Lipinski definition) is 5. The number of esters is 1. The molecule has 0 saturated heterocycles. The number of H-pyrrole nitrogens is 1. The zero-order valence-electron chi connectivity index (χ0n) is 17.5. The van der Waals surface area contributed by atoms with Crippen LogP contribution in [0.5, 0.6) is 0 Å². The highest BCUT2D eigenvalue weighted by molar-refractivity contribution is 6.00. The molecule has 0 aliphatic heterocycles. The fourth-order valence-electron chi connectivity index (χ4n) is 3.02. The lowest BCUT2D eigenvalue weighted by molar-refractivity contribution is -0.201. The molecular weight excluding hydrogens is 441 g/mol. The second-order valence-electron chi connectivity index (χ2n) is 7.51. The molecule has 0 aliphatic carbocycles. The van der Waals surface area contributed by atoms with Gasteiger partial charge >= 0.3 is 12.1 Å². The predicted octanol–water partition coefficient (Wildman–Crippen LogP) is 2.75. The summed E-state index contributed by atoms with van der Waals surface area (Å²) in [6.45, 7) is 0.755. The average Bonchev–Trinajstić information content (AvgIpc) is 3.14. The Morgan fingerprint density at radius 3 is 2.39 bits per heavy atom. The number of halogens is 3. The van der Waals surface area contributed by atoms with E-state index in [4.69, 9.17) is 5.73 Å². The Hall–Kier alpha value is -3.86. The number of ether oxygens (including phenoxy) is 1. The smallest absolute Gasteiger partial charge is 0.454 e. The average molecular weight is 462 g/mol. The van der Waals surface area contributed by atoms with Gasteiger partial charge in [0, 0.05) is 22.8 Å². The van der Waals surface area contributed by atoms with Crippen molar-refractivity contribution in [1.82, 2.24) is 10.3 Å². The van der Waals surface area contributed by atoms with Crippen molar-refractivity contribution in [3.63, 3.8) is 0 Å². The van der Waals surface area contributed by atoms with Crippen LogP contribution in [0.15, 0.2) is 54.7 Å². The van der Waals surface area contributed by atoms with Crippen molar-refractivity contribution in [2.45, 2.75) is 31.8 Å². The van der Waals surface area contributed by atoms with Crippen LogP contribution in [-0.4, -0.2) is 34.6 Å². The third-order valence-corrected chi connectivity index (χ3v) is 4.71. The van der Waals surface area contributed by atoms with Crippen LogP contribution in [0.3, 0.4) is 0 Å². The minimum atomic E-state index is -5.07. The second kappa shape index (κ2) is 9.33. The van der Waals surface area contributed by atoms with Crippen molar-refractivity contribution < 1.29 is 32.3 Å². The summed E-state index contributed by atoms with van der Waals surface area (Å²) in [6, 6.07) is 13.0. The minimum Gasteiger partial charge on any atom is -0.454 e. The molecular formula is C22H21F3N4O4. The number of aromatic nitrogens is 1. The number of benzene rings is 2. The Bertz CT molecular complexity index is 1170. The van der Waals surface area contributed by atoms with Gasteiger partial charge in [0.1, 0.15) is 6.61 Å². The van der Waals surface area contributed by atoms with E-state index in [0.717, 1.165) is 16.5 Å². The Balaban J connectivity index is 1.55. The predicted molar refractivity (Wildman–Crippen MR) is 114 cm³/mol. The maximum Gasteiger partial charge on any atom is 0.490 e. The molecule has 2 amide bonds. The van der Waals surface area contributed by atoms with Crippen LogP contribution in [0.1, 0.15) is 18.1 Å². The molecule has 0 bridgehead atoms. The van der Waals surface area contributed by atoms with Crippen LogP contribution in [0.25, 0.3) is 10.9 Å². The summed E-state index contributed by atoms with van der Waals surface area (Å²) in [7, 11) is 0. The zero-order valence-corrected chi connectivity index (χ0v) is 17.5. The van der Waals surface area contributed by atoms with Gasteiger partial charge in [-0.1, -0.05) is 30.3 Å². The maximum absolute atomic E-state index is 12.5. The first-order chi connectivity index (χ1) is 15.5. The molecule has 1 atom stereocenters. The van der Waals surface area contributed by atoms with Gasteiger partial charge in [0.05, 0.1) is 6.42 Å². The van der Waals surface area contributed by atoms with E-state index in [1.54, 1.807) is 6.20 Å². The fourth-order valence-corrected chi connectivity index (χ4v) is 3.02. The third-order valence-electron chi connectivity index (χ3n) is 4.71. The summed E-state index contributed by atoms with van der Waals surface area (Å²) < 4.78 is 40.7. The number of alkyl halides is 3. The number of carbonyl (C=O) groups excluding carboxylic acids is 3. The zero-order chi connectivity index (χ0) is 24.2. The molecule has 3 aromatic rings. The number of amides is 2. The number of aromatic amines is 1. The van der Waals surface area contributed by atoms with Crippen molar-refractivity contribution in [1.29, 1.82) is 0 Å². The van der Waals surface area contributed by atoms with Gasteiger partial charge in [-0.05, 0) is 36.2 Å². The third kappa shape index (κ3) is 6.10. The molecule has 11 heteroatoms. The number of rotatable bonds is 7. The fraction of sp³-hybridized carbons (Fsp3) is 0.227. The van der Waals surface area contributed by atoms with Crippen LogP contribution in [0.4, 0.5) is 18.9 Å². The summed E-state index contributed by atoms with van der Waals surface area (Å²) in [5.74, 6) is -3.45. The summed E-state index contributed by atoms with van der Waals surface area (Å²) in [6.07, 6.45) is -3.35. The highest BCUT2D eigenvalue weighted by Crippen LogP contribution is 2.19. The lowest BCUT2D eigenvalue weighted by atomic mass is 10.1. The van der Waals surface area contributed by atoms with E-state index in [2.05, 4.69) is 20.4 Å². The van der Waals surface area contributed by atoms with E-state index in [1.165, 1.54) is 31.2 Å². The van der Waals surface area contributed by atoms with E-state index < -0.39 is 36.2 Å². The molecule has 3 rings (SSSR count). The van der Waals surface area contributed by atoms with Gasteiger partial charge in [-0.2, -0.15) is 13.2 Å². The summed E-state index contributed by atoms with van der Waals surface area (Å²) in [5.41, 5.74) is 6.46. The lowest BCUT2D eigenvalue weighted by Crippen LogP contribution is -2.61. The molecule has 8 nitrogen and oxygen atoms in total. The molecule has 1 heterocycles. The number of hydrogen-bond donors (Lipinski definition) is 4. The molecule has 174 valence electrons. The SMILES string of the molecule is C[C@](N)(NC(=O)Cc1c[nH]c2ccccc12)C(=O)Nc1ccc(COC(=O)C(F)(F)F)cc1. The second-order valence-corrected chi connectivity index (χ2v) is 7.51.